The first-order valence-electron chi connectivity index (χ1n) is 5.12. The molecule has 15 heavy (non-hydrogen) atoms. The van der Waals surface area contributed by atoms with Gasteiger partial charge < -0.3 is 9.15 Å². The van der Waals surface area contributed by atoms with Crippen molar-refractivity contribution >= 4 is 11.1 Å². The second kappa shape index (κ2) is 3.93. The lowest BCUT2D eigenvalue weighted by atomic mass is 10.1. The number of rotatable bonds is 3. The van der Waals surface area contributed by atoms with E-state index in [4.69, 9.17) is 9.15 Å². The molecule has 0 bridgehead atoms. The number of ether oxygens (including phenoxy) is 1. The fourth-order valence-electron chi connectivity index (χ4n) is 1.52. The van der Waals surface area contributed by atoms with Gasteiger partial charge in [-0.15, -0.1) is 0 Å². The van der Waals surface area contributed by atoms with Crippen molar-refractivity contribution in [1.29, 1.82) is 0 Å². The van der Waals surface area contributed by atoms with Crippen LogP contribution in [0.4, 0.5) is 0 Å². The summed E-state index contributed by atoms with van der Waals surface area (Å²) in [7, 11) is 1.65. The van der Waals surface area contributed by atoms with Crippen LogP contribution in [0.25, 0.3) is 11.1 Å². The minimum atomic E-state index is 0.556. The van der Waals surface area contributed by atoms with Crippen molar-refractivity contribution in [3.63, 3.8) is 0 Å². The van der Waals surface area contributed by atoms with Gasteiger partial charge in [-0.1, -0.05) is 13.8 Å². The number of benzene rings is 1. The summed E-state index contributed by atoms with van der Waals surface area (Å²) < 4.78 is 10.7. The van der Waals surface area contributed by atoms with Gasteiger partial charge in [0.25, 0.3) is 0 Å². The highest BCUT2D eigenvalue weighted by Crippen LogP contribution is 2.22. The monoisotopic (exact) mass is 205 g/mol. The summed E-state index contributed by atoms with van der Waals surface area (Å²) in [6, 6.07) is 5.67. The standard InChI is InChI=1S/C12H15NO2/c1-8(2)6-12-13-10-7-9(14-3)4-5-11(10)15-12/h4-5,7-8H,6H2,1-3H3. The van der Waals surface area contributed by atoms with Gasteiger partial charge in [0.2, 0.25) is 0 Å². The second-order valence-corrected chi connectivity index (χ2v) is 4.04. The van der Waals surface area contributed by atoms with Crippen LogP contribution in [0.3, 0.4) is 0 Å². The van der Waals surface area contributed by atoms with Crippen LogP contribution in [-0.2, 0) is 6.42 Å². The Morgan fingerprint density at radius 3 is 2.87 bits per heavy atom. The van der Waals surface area contributed by atoms with Crippen LogP contribution in [-0.4, -0.2) is 12.1 Å². The maximum atomic E-state index is 5.61. The molecule has 3 nitrogen and oxygen atoms in total. The topological polar surface area (TPSA) is 35.3 Å². The summed E-state index contributed by atoms with van der Waals surface area (Å²) in [4.78, 5) is 4.41. The smallest absolute Gasteiger partial charge is 0.195 e. The molecule has 1 heterocycles. The molecule has 0 aliphatic heterocycles. The number of methoxy groups -OCH3 is 1. The van der Waals surface area contributed by atoms with Gasteiger partial charge in [0, 0.05) is 12.5 Å². The Kier molecular flexibility index (Phi) is 2.62. The van der Waals surface area contributed by atoms with Crippen LogP contribution < -0.4 is 4.74 Å². The van der Waals surface area contributed by atoms with E-state index < -0.39 is 0 Å². The minimum Gasteiger partial charge on any atom is -0.497 e. The largest absolute Gasteiger partial charge is 0.497 e. The van der Waals surface area contributed by atoms with Gasteiger partial charge in [0.15, 0.2) is 11.5 Å². The molecule has 0 radical (unpaired) electrons. The van der Waals surface area contributed by atoms with Crippen LogP contribution in [0.15, 0.2) is 22.6 Å². The molecule has 0 aliphatic rings. The first-order valence-corrected chi connectivity index (χ1v) is 5.12. The lowest BCUT2D eigenvalue weighted by Gasteiger charge is -1.96. The van der Waals surface area contributed by atoms with Gasteiger partial charge in [-0.05, 0) is 18.1 Å². The number of hydrogen-bond acceptors (Lipinski definition) is 3. The van der Waals surface area contributed by atoms with Gasteiger partial charge in [0.05, 0.1) is 7.11 Å². The maximum Gasteiger partial charge on any atom is 0.195 e. The highest BCUT2D eigenvalue weighted by Gasteiger charge is 2.07. The minimum absolute atomic E-state index is 0.556. The third-order valence-corrected chi connectivity index (χ3v) is 2.22. The number of oxazole rings is 1. The molecular formula is C12H15NO2. The normalized spacial score (nSPS) is 11.2. The molecule has 80 valence electrons. The van der Waals surface area contributed by atoms with Gasteiger partial charge >= 0.3 is 0 Å². The molecule has 0 unspecified atom stereocenters. The second-order valence-electron chi connectivity index (χ2n) is 4.04. The molecule has 1 aromatic heterocycles. The Labute approximate surface area is 89.1 Å². The Hall–Kier alpha value is -1.51. The Bertz CT molecular complexity index is 460. The quantitative estimate of drug-likeness (QED) is 0.772. The predicted molar refractivity (Wildman–Crippen MR) is 59.1 cm³/mol. The number of nitrogens with zero attached hydrogens (tertiary/aromatic N) is 1. The molecule has 2 aromatic rings. The molecule has 2 rings (SSSR count). The SMILES string of the molecule is COc1ccc2oc(CC(C)C)nc2c1. The van der Waals surface area contributed by atoms with E-state index in [2.05, 4.69) is 18.8 Å². The summed E-state index contributed by atoms with van der Waals surface area (Å²) in [5.74, 6) is 2.17. The molecule has 0 amide bonds. The molecular weight excluding hydrogens is 190 g/mol. The third kappa shape index (κ3) is 2.12. The first kappa shape index (κ1) is 10.0. The lowest BCUT2D eigenvalue weighted by molar-refractivity contribution is 0.415. The van der Waals surface area contributed by atoms with E-state index in [0.717, 1.165) is 29.2 Å². The number of hydrogen-bond donors (Lipinski definition) is 0. The van der Waals surface area contributed by atoms with Crippen LogP contribution in [0, 0.1) is 5.92 Å². The Morgan fingerprint density at radius 1 is 1.40 bits per heavy atom. The average Bonchev–Trinajstić information content (AvgIpc) is 2.57. The average molecular weight is 205 g/mol. The van der Waals surface area contributed by atoms with Gasteiger partial charge in [0.1, 0.15) is 11.3 Å². The lowest BCUT2D eigenvalue weighted by Crippen LogP contribution is -1.93. The summed E-state index contributed by atoms with van der Waals surface area (Å²) in [6.07, 6.45) is 0.872. The molecule has 1 aromatic carbocycles. The maximum absolute atomic E-state index is 5.61. The zero-order valence-electron chi connectivity index (χ0n) is 9.28. The van der Waals surface area contributed by atoms with E-state index in [0.29, 0.717) is 5.92 Å². The number of aromatic nitrogens is 1. The first-order chi connectivity index (χ1) is 7.19. The summed E-state index contributed by atoms with van der Waals surface area (Å²) >= 11 is 0. The van der Waals surface area contributed by atoms with Crippen molar-refractivity contribution in [1.82, 2.24) is 4.98 Å². The van der Waals surface area contributed by atoms with Gasteiger partial charge in [-0.2, -0.15) is 0 Å². The van der Waals surface area contributed by atoms with Crippen molar-refractivity contribution in [2.75, 3.05) is 7.11 Å². The van der Waals surface area contributed by atoms with Crippen LogP contribution in [0.5, 0.6) is 5.75 Å². The molecule has 0 atom stereocenters. The zero-order valence-corrected chi connectivity index (χ0v) is 9.28. The van der Waals surface area contributed by atoms with Gasteiger partial charge in [-0.25, -0.2) is 4.98 Å². The van der Waals surface area contributed by atoms with E-state index in [1.165, 1.54) is 0 Å². The van der Waals surface area contributed by atoms with E-state index in [1.807, 2.05) is 18.2 Å². The Balaban J connectivity index is 2.37. The summed E-state index contributed by atoms with van der Waals surface area (Å²) in [5.41, 5.74) is 1.69. The van der Waals surface area contributed by atoms with Crippen molar-refractivity contribution in [3.05, 3.63) is 24.1 Å². The molecule has 0 N–H and O–H groups in total. The zero-order chi connectivity index (χ0) is 10.8. The number of fused-ring (bicyclic) bond motifs is 1. The van der Waals surface area contributed by atoms with Crippen molar-refractivity contribution in [2.24, 2.45) is 5.92 Å². The third-order valence-electron chi connectivity index (χ3n) is 2.22. The van der Waals surface area contributed by atoms with Crippen LogP contribution in [0.1, 0.15) is 19.7 Å². The van der Waals surface area contributed by atoms with Crippen molar-refractivity contribution < 1.29 is 9.15 Å². The molecule has 0 saturated heterocycles. The summed E-state index contributed by atoms with van der Waals surface area (Å²) in [6.45, 7) is 4.30. The fraction of sp³-hybridized carbons (Fsp3) is 0.417. The van der Waals surface area contributed by atoms with E-state index in [1.54, 1.807) is 7.11 Å². The summed E-state index contributed by atoms with van der Waals surface area (Å²) in [5, 5.41) is 0. The van der Waals surface area contributed by atoms with Gasteiger partial charge in [-0.3, -0.25) is 0 Å². The fourth-order valence-corrected chi connectivity index (χ4v) is 1.52. The molecule has 0 fully saturated rings. The van der Waals surface area contributed by atoms with Crippen molar-refractivity contribution in [3.8, 4) is 5.75 Å². The molecule has 3 heteroatoms. The molecule has 0 saturated carbocycles. The molecule has 0 aliphatic carbocycles. The van der Waals surface area contributed by atoms with E-state index >= 15 is 0 Å². The van der Waals surface area contributed by atoms with E-state index in [9.17, 15) is 0 Å². The molecule has 0 spiro atoms. The Morgan fingerprint density at radius 2 is 2.20 bits per heavy atom. The predicted octanol–water partition coefficient (Wildman–Crippen LogP) is 3.03. The van der Waals surface area contributed by atoms with E-state index in [-0.39, 0.29) is 0 Å². The van der Waals surface area contributed by atoms with Crippen molar-refractivity contribution in [2.45, 2.75) is 20.3 Å². The van der Waals surface area contributed by atoms with Crippen LogP contribution in [0.2, 0.25) is 0 Å². The highest BCUT2D eigenvalue weighted by molar-refractivity contribution is 5.74. The van der Waals surface area contributed by atoms with Crippen LogP contribution >= 0.6 is 0 Å². The highest BCUT2D eigenvalue weighted by atomic mass is 16.5.